The molecule has 2 aliphatic heterocycles. The van der Waals surface area contributed by atoms with Gasteiger partial charge in [0.15, 0.2) is 0 Å². The first-order chi connectivity index (χ1) is 13.0. The monoisotopic (exact) mass is 376 g/mol. The van der Waals surface area contributed by atoms with Gasteiger partial charge in [-0.3, -0.25) is 9.69 Å². The predicted molar refractivity (Wildman–Crippen MR) is 104 cm³/mol. The molecule has 2 aliphatic rings. The lowest BCUT2D eigenvalue weighted by molar-refractivity contribution is -0.141. The van der Waals surface area contributed by atoms with E-state index in [1.807, 2.05) is 30.9 Å². The van der Waals surface area contributed by atoms with Crippen molar-refractivity contribution in [1.29, 1.82) is 0 Å². The van der Waals surface area contributed by atoms with Crippen LogP contribution in [0.15, 0.2) is 18.2 Å². The van der Waals surface area contributed by atoms with Crippen LogP contribution in [0.4, 0.5) is 0 Å². The van der Waals surface area contributed by atoms with E-state index in [0.717, 1.165) is 42.8 Å². The van der Waals surface area contributed by atoms with Gasteiger partial charge in [-0.1, -0.05) is 6.07 Å². The van der Waals surface area contributed by atoms with Crippen molar-refractivity contribution in [1.82, 2.24) is 9.80 Å². The summed E-state index contributed by atoms with van der Waals surface area (Å²) in [7, 11) is 0. The highest BCUT2D eigenvalue weighted by Crippen LogP contribution is 2.20. The Hall–Kier alpha value is -1.63. The van der Waals surface area contributed by atoms with E-state index in [1.165, 1.54) is 0 Å². The van der Waals surface area contributed by atoms with Crippen molar-refractivity contribution in [2.75, 3.05) is 52.5 Å². The molecule has 0 aliphatic carbocycles. The summed E-state index contributed by atoms with van der Waals surface area (Å²) in [6, 6.07) is 6.07. The molecule has 2 fully saturated rings. The number of aryl methyl sites for hydroxylation is 2. The Kier molecular flexibility index (Phi) is 7.10. The minimum absolute atomic E-state index is 0.0318. The quantitative estimate of drug-likeness (QED) is 0.817. The zero-order valence-electron chi connectivity index (χ0n) is 16.5. The summed E-state index contributed by atoms with van der Waals surface area (Å²) >= 11 is 0. The Labute approximate surface area is 162 Å². The molecular weight excluding hydrogens is 344 g/mol. The number of aliphatic hydroxyl groups excluding tert-OH is 1. The van der Waals surface area contributed by atoms with Crippen LogP contribution in [0.3, 0.4) is 0 Å². The third-order valence-electron chi connectivity index (χ3n) is 5.28. The van der Waals surface area contributed by atoms with Crippen molar-refractivity contribution in [2.45, 2.75) is 32.8 Å². The van der Waals surface area contributed by atoms with Crippen LogP contribution in [0.2, 0.25) is 0 Å². The Morgan fingerprint density at radius 3 is 2.63 bits per heavy atom. The van der Waals surface area contributed by atoms with Gasteiger partial charge in [-0.2, -0.15) is 0 Å². The number of carbonyl (C=O) groups excluding carboxylic acids is 1. The fourth-order valence-electron chi connectivity index (χ4n) is 4.02. The molecule has 3 rings (SSSR count). The number of carbonyl (C=O) groups is 1. The van der Waals surface area contributed by atoms with E-state index in [-0.39, 0.29) is 18.4 Å². The molecule has 0 radical (unpaired) electrons. The number of likely N-dealkylation sites (tertiary alicyclic amines) is 1. The highest BCUT2D eigenvalue weighted by atomic mass is 16.5. The summed E-state index contributed by atoms with van der Waals surface area (Å²) in [6.07, 6.45) is 1.36. The Morgan fingerprint density at radius 1 is 1.22 bits per heavy atom. The number of aliphatic hydroxyl groups is 1. The Balaban J connectivity index is 1.45. The van der Waals surface area contributed by atoms with Gasteiger partial charge in [0.25, 0.3) is 0 Å². The van der Waals surface area contributed by atoms with Crippen molar-refractivity contribution >= 4 is 5.91 Å². The molecule has 2 unspecified atom stereocenters. The predicted octanol–water partition coefficient (Wildman–Crippen LogP) is 1.61. The summed E-state index contributed by atoms with van der Waals surface area (Å²) in [4.78, 5) is 16.8. The third kappa shape index (κ3) is 5.92. The van der Waals surface area contributed by atoms with Crippen LogP contribution >= 0.6 is 0 Å². The molecule has 0 aromatic heterocycles. The van der Waals surface area contributed by atoms with E-state index < -0.39 is 6.10 Å². The molecule has 150 valence electrons. The third-order valence-corrected chi connectivity index (χ3v) is 5.28. The summed E-state index contributed by atoms with van der Waals surface area (Å²) in [6.45, 7) is 9.19. The van der Waals surface area contributed by atoms with Gasteiger partial charge in [-0.25, -0.2) is 0 Å². The van der Waals surface area contributed by atoms with Crippen LogP contribution < -0.4 is 4.74 Å². The van der Waals surface area contributed by atoms with E-state index in [4.69, 9.17) is 9.47 Å². The molecule has 6 heteroatoms. The van der Waals surface area contributed by atoms with Crippen molar-refractivity contribution in [3.63, 3.8) is 0 Å². The van der Waals surface area contributed by atoms with Crippen LogP contribution in [-0.2, 0) is 9.53 Å². The second-order valence-electron chi connectivity index (χ2n) is 7.82. The summed E-state index contributed by atoms with van der Waals surface area (Å²) in [5.41, 5.74) is 2.31. The van der Waals surface area contributed by atoms with E-state index in [0.29, 0.717) is 32.8 Å². The summed E-state index contributed by atoms with van der Waals surface area (Å²) < 4.78 is 11.1. The molecule has 2 atom stereocenters. The number of amides is 1. The second kappa shape index (κ2) is 9.53. The lowest BCUT2D eigenvalue weighted by Crippen LogP contribution is -2.49. The van der Waals surface area contributed by atoms with Gasteiger partial charge in [0.1, 0.15) is 18.5 Å². The summed E-state index contributed by atoms with van der Waals surface area (Å²) in [5, 5.41) is 10.4. The molecule has 0 saturated carbocycles. The molecule has 1 aromatic carbocycles. The van der Waals surface area contributed by atoms with Crippen molar-refractivity contribution in [3.05, 3.63) is 29.3 Å². The zero-order valence-corrected chi connectivity index (χ0v) is 16.5. The van der Waals surface area contributed by atoms with Gasteiger partial charge in [0.05, 0.1) is 19.1 Å². The highest BCUT2D eigenvalue weighted by Gasteiger charge is 2.30. The first-order valence-electron chi connectivity index (χ1n) is 9.99. The van der Waals surface area contributed by atoms with E-state index in [2.05, 4.69) is 11.0 Å². The molecular formula is C21H32N2O4. The number of rotatable bonds is 6. The maximum absolute atomic E-state index is 12.7. The standard InChI is InChI=1S/C21H32N2O4/c1-16-10-17(2)12-20(11-16)27-15-19(24)14-22-5-3-4-18(13-22)21(25)23-6-8-26-9-7-23/h10-12,18-19,24H,3-9,13-15H2,1-2H3. The second-order valence-corrected chi connectivity index (χ2v) is 7.82. The maximum atomic E-state index is 12.7. The minimum atomic E-state index is -0.567. The largest absolute Gasteiger partial charge is 0.491 e. The normalized spacial score (nSPS) is 22.5. The fourth-order valence-corrected chi connectivity index (χ4v) is 4.02. The molecule has 0 spiro atoms. The van der Waals surface area contributed by atoms with E-state index >= 15 is 0 Å². The number of benzene rings is 1. The van der Waals surface area contributed by atoms with Gasteiger partial charge < -0.3 is 19.5 Å². The van der Waals surface area contributed by atoms with E-state index in [1.54, 1.807) is 0 Å². The minimum Gasteiger partial charge on any atom is -0.491 e. The van der Waals surface area contributed by atoms with Gasteiger partial charge in [0, 0.05) is 26.2 Å². The van der Waals surface area contributed by atoms with E-state index in [9.17, 15) is 9.90 Å². The lowest BCUT2D eigenvalue weighted by Gasteiger charge is -2.36. The van der Waals surface area contributed by atoms with Crippen LogP contribution in [0.5, 0.6) is 5.75 Å². The molecule has 2 saturated heterocycles. The molecule has 6 nitrogen and oxygen atoms in total. The van der Waals surface area contributed by atoms with Crippen LogP contribution in [-0.4, -0.2) is 79.5 Å². The number of piperidine rings is 1. The molecule has 1 aromatic rings. The molecule has 0 bridgehead atoms. The number of ether oxygens (including phenoxy) is 2. The maximum Gasteiger partial charge on any atom is 0.227 e. The van der Waals surface area contributed by atoms with Crippen molar-refractivity contribution in [3.8, 4) is 5.75 Å². The number of morpholine rings is 1. The SMILES string of the molecule is Cc1cc(C)cc(OCC(O)CN2CCCC(C(=O)N3CCOCC3)C2)c1. The van der Waals surface area contributed by atoms with Gasteiger partial charge in [-0.15, -0.1) is 0 Å². The van der Waals surface area contributed by atoms with Crippen molar-refractivity contribution in [2.24, 2.45) is 5.92 Å². The van der Waals surface area contributed by atoms with Crippen LogP contribution in [0.1, 0.15) is 24.0 Å². The smallest absolute Gasteiger partial charge is 0.227 e. The first kappa shape index (κ1) is 20.1. The summed E-state index contributed by atoms with van der Waals surface area (Å²) in [5.74, 6) is 1.07. The first-order valence-corrected chi connectivity index (χ1v) is 9.99. The highest BCUT2D eigenvalue weighted by molar-refractivity contribution is 5.79. The lowest BCUT2D eigenvalue weighted by atomic mass is 9.96. The zero-order chi connectivity index (χ0) is 19.2. The van der Waals surface area contributed by atoms with Crippen molar-refractivity contribution < 1.29 is 19.4 Å². The number of β-amino-alcohol motifs (C(OH)–C–C–N with tert-alkyl or cyclic N) is 1. The number of nitrogens with zero attached hydrogens (tertiary/aromatic N) is 2. The molecule has 1 amide bonds. The topological polar surface area (TPSA) is 62.2 Å². The Bertz CT molecular complexity index is 610. The fraction of sp³-hybridized carbons (Fsp3) is 0.667. The number of hydrogen-bond acceptors (Lipinski definition) is 5. The molecule has 2 heterocycles. The van der Waals surface area contributed by atoms with Gasteiger partial charge in [0.2, 0.25) is 5.91 Å². The number of hydrogen-bond donors (Lipinski definition) is 1. The Morgan fingerprint density at radius 2 is 1.93 bits per heavy atom. The average molecular weight is 376 g/mol. The van der Waals surface area contributed by atoms with Crippen LogP contribution in [0, 0.1) is 19.8 Å². The van der Waals surface area contributed by atoms with Crippen LogP contribution in [0.25, 0.3) is 0 Å². The molecule has 1 N–H and O–H groups in total. The average Bonchev–Trinajstić information content (AvgIpc) is 2.66. The van der Waals surface area contributed by atoms with Gasteiger partial charge >= 0.3 is 0 Å². The molecule has 27 heavy (non-hydrogen) atoms. The van der Waals surface area contributed by atoms with Gasteiger partial charge in [-0.05, 0) is 56.5 Å².